The van der Waals surface area contributed by atoms with Crippen LogP contribution >= 0.6 is 0 Å². The van der Waals surface area contributed by atoms with Gasteiger partial charge in [-0.05, 0) is 44.1 Å². The highest BCUT2D eigenvalue weighted by Crippen LogP contribution is 2.24. The van der Waals surface area contributed by atoms with Crippen LogP contribution in [0, 0.1) is 11.8 Å². The Morgan fingerprint density at radius 3 is 2.09 bits per heavy atom. The van der Waals surface area contributed by atoms with Gasteiger partial charge in [-0.15, -0.1) is 0 Å². The van der Waals surface area contributed by atoms with Crippen LogP contribution in [0.3, 0.4) is 0 Å². The molecule has 4 nitrogen and oxygen atoms in total. The van der Waals surface area contributed by atoms with Gasteiger partial charge < -0.3 is 14.5 Å². The average Bonchev–Trinajstić information content (AvgIpc) is 2.62. The van der Waals surface area contributed by atoms with Crippen molar-refractivity contribution in [2.45, 2.75) is 66.4 Å². The summed E-state index contributed by atoms with van der Waals surface area (Å²) in [7, 11) is 0. The van der Waals surface area contributed by atoms with E-state index in [1.54, 1.807) is 0 Å². The van der Waals surface area contributed by atoms with E-state index in [0.717, 1.165) is 70.2 Å². The molecule has 2 fully saturated rings. The number of hydrogen-bond donors (Lipinski definition) is 0. The van der Waals surface area contributed by atoms with E-state index in [-0.39, 0.29) is 18.6 Å². The minimum atomic E-state index is 0.190. The average molecular weight is 327 g/mol. The van der Waals surface area contributed by atoms with Gasteiger partial charge in [0.2, 0.25) is 5.91 Å². The molecular weight excluding hydrogens is 288 g/mol. The van der Waals surface area contributed by atoms with Crippen molar-refractivity contribution in [1.29, 1.82) is 0 Å². The van der Waals surface area contributed by atoms with Crippen molar-refractivity contribution in [2.24, 2.45) is 11.8 Å². The van der Waals surface area contributed by atoms with Crippen LogP contribution in [0.15, 0.2) is 0 Å². The summed E-state index contributed by atoms with van der Waals surface area (Å²) in [6, 6.07) is 0. The maximum Gasteiger partial charge on any atom is 0.248 e. The maximum atomic E-state index is 12.2. The quantitative estimate of drug-likeness (QED) is 0.776. The fraction of sp³-hybridized carbons (Fsp3) is 0.947. The smallest absolute Gasteiger partial charge is 0.248 e. The molecule has 0 spiro atoms. The number of carbonyl (C=O) groups is 1. The van der Waals surface area contributed by atoms with Crippen molar-refractivity contribution in [3.8, 4) is 0 Å². The van der Waals surface area contributed by atoms with Crippen molar-refractivity contribution in [1.82, 2.24) is 9.80 Å². The number of rotatable bonds is 5. The normalized spacial score (nSPS) is 21.2. The first kappa shape index (κ1) is 20.4. The first-order valence-corrected chi connectivity index (χ1v) is 9.71. The lowest BCUT2D eigenvalue weighted by Crippen LogP contribution is -2.43. The zero-order valence-electron chi connectivity index (χ0n) is 16.0. The van der Waals surface area contributed by atoms with Crippen LogP contribution in [0.5, 0.6) is 0 Å². The minimum Gasteiger partial charge on any atom is -0.368 e. The van der Waals surface area contributed by atoms with Crippen LogP contribution in [0.25, 0.3) is 0 Å². The standard InChI is InChI=1S/C17H32N2O2.C2H6/c1-4-18-9-7-16(8-10-18)21-13-17(20)19-11-5-15(6-12-19)14(2)3;1-2/h14-16H,4-13H2,1-3H3;1-2H3. The number of piperidine rings is 2. The first-order valence-electron chi connectivity index (χ1n) is 9.71. The van der Waals surface area contributed by atoms with E-state index in [9.17, 15) is 4.79 Å². The Morgan fingerprint density at radius 2 is 1.61 bits per heavy atom. The van der Waals surface area contributed by atoms with Crippen molar-refractivity contribution in [3.63, 3.8) is 0 Å². The largest absolute Gasteiger partial charge is 0.368 e. The molecule has 0 aromatic heterocycles. The SMILES string of the molecule is CC.CCN1CCC(OCC(=O)N2CCC(C(C)C)CC2)CC1. The molecule has 0 atom stereocenters. The molecular formula is C19H38N2O2. The highest BCUT2D eigenvalue weighted by molar-refractivity contribution is 5.77. The fourth-order valence-electron chi connectivity index (χ4n) is 3.49. The molecule has 2 aliphatic rings. The van der Waals surface area contributed by atoms with Gasteiger partial charge in [0.15, 0.2) is 0 Å². The number of ether oxygens (including phenoxy) is 1. The number of likely N-dealkylation sites (tertiary alicyclic amines) is 2. The highest BCUT2D eigenvalue weighted by atomic mass is 16.5. The second-order valence-electron chi connectivity index (χ2n) is 6.91. The Bertz CT molecular complexity index is 317. The molecule has 2 saturated heterocycles. The summed E-state index contributed by atoms with van der Waals surface area (Å²) < 4.78 is 5.85. The second kappa shape index (κ2) is 11.0. The zero-order chi connectivity index (χ0) is 17.2. The Balaban J connectivity index is 0.00000127. The van der Waals surface area contributed by atoms with E-state index in [4.69, 9.17) is 4.74 Å². The third kappa shape index (κ3) is 6.80. The van der Waals surface area contributed by atoms with Crippen LogP contribution in [-0.2, 0) is 9.53 Å². The molecule has 2 heterocycles. The van der Waals surface area contributed by atoms with Crippen LogP contribution in [-0.4, -0.2) is 61.1 Å². The second-order valence-corrected chi connectivity index (χ2v) is 6.91. The van der Waals surface area contributed by atoms with E-state index in [1.165, 1.54) is 0 Å². The van der Waals surface area contributed by atoms with Crippen molar-refractivity contribution < 1.29 is 9.53 Å². The fourth-order valence-corrected chi connectivity index (χ4v) is 3.49. The van der Waals surface area contributed by atoms with E-state index in [2.05, 4.69) is 25.7 Å². The lowest BCUT2D eigenvalue weighted by Gasteiger charge is -2.35. The van der Waals surface area contributed by atoms with Gasteiger partial charge in [0.05, 0.1) is 6.10 Å². The molecule has 2 aliphatic heterocycles. The Hall–Kier alpha value is -0.610. The zero-order valence-corrected chi connectivity index (χ0v) is 16.0. The topological polar surface area (TPSA) is 32.8 Å². The van der Waals surface area contributed by atoms with Gasteiger partial charge in [-0.1, -0.05) is 34.6 Å². The molecule has 136 valence electrons. The summed E-state index contributed by atoms with van der Waals surface area (Å²) in [5, 5.41) is 0. The van der Waals surface area contributed by atoms with Gasteiger partial charge in [0.1, 0.15) is 6.61 Å². The van der Waals surface area contributed by atoms with Crippen molar-refractivity contribution in [3.05, 3.63) is 0 Å². The molecule has 2 rings (SSSR count). The maximum absolute atomic E-state index is 12.2. The predicted molar refractivity (Wildman–Crippen MR) is 96.6 cm³/mol. The Morgan fingerprint density at radius 1 is 1.04 bits per heavy atom. The summed E-state index contributed by atoms with van der Waals surface area (Å²) in [5.74, 6) is 1.71. The van der Waals surface area contributed by atoms with Crippen LogP contribution in [0.4, 0.5) is 0 Å². The first-order chi connectivity index (χ1) is 11.1. The summed E-state index contributed by atoms with van der Waals surface area (Å²) >= 11 is 0. The Kier molecular flexibility index (Phi) is 9.80. The van der Waals surface area contributed by atoms with Crippen LogP contribution < -0.4 is 0 Å². The lowest BCUT2D eigenvalue weighted by atomic mass is 9.87. The van der Waals surface area contributed by atoms with Gasteiger partial charge in [0, 0.05) is 26.2 Å². The van der Waals surface area contributed by atoms with E-state index in [0.29, 0.717) is 0 Å². The summed E-state index contributed by atoms with van der Waals surface area (Å²) in [4.78, 5) is 16.7. The third-order valence-corrected chi connectivity index (χ3v) is 5.26. The van der Waals surface area contributed by atoms with Crippen LogP contribution in [0.1, 0.15) is 60.3 Å². The number of hydrogen-bond acceptors (Lipinski definition) is 3. The number of carbonyl (C=O) groups excluding carboxylic acids is 1. The molecule has 0 aromatic rings. The predicted octanol–water partition coefficient (Wildman–Crippen LogP) is 3.41. The number of nitrogens with zero attached hydrogens (tertiary/aromatic N) is 2. The molecule has 0 aromatic carbocycles. The van der Waals surface area contributed by atoms with Crippen molar-refractivity contribution in [2.75, 3.05) is 39.3 Å². The minimum absolute atomic E-state index is 0.190. The lowest BCUT2D eigenvalue weighted by molar-refractivity contribution is -0.140. The molecule has 0 saturated carbocycles. The summed E-state index contributed by atoms with van der Waals surface area (Å²) in [6.07, 6.45) is 4.72. The summed E-state index contributed by atoms with van der Waals surface area (Å²) in [6.45, 7) is 16.2. The molecule has 0 radical (unpaired) electrons. The molecule has 23 heavy (non-hydrogen) atoms. The molecule has 4 heteroatoms. The molecule has 0 N–H and O–H groups in total. The van der Waals surface area contributed by atoms with Gasteiger partial charge >= 0.3 is 0 Å². The van der Waals surface area contributed by atoms with Gasteiger partial charge in [0.25, 0.3) is 0 Å². The van der Waals surface area contributed by atoms with Gasteiger partial charge in [-0.2, -0.15) is 0 Å². The Labute approximate surface area is 143 Å². The number of amides is 1. The summed E-state index contributed by atoms with van der Waals surface area (Å²) in [5.41, 5.74) is 0. The van der Waals surface area contributed by atoms with E-state index in [1.807, 2.05) is 18.7 Å². The molecule has 0 unspecified atom stereocenters. The van der Waals surface area contributed by atoms with Gasteiger partial charge in [-0.3, -0.25) is 4.79 Å². The van der Waals surface area contributed by atoms with E-state index >= 15 is 0 Å². The molecule has 0 aliphatic carbocycles. The van der Waals surface area contributed by atoms with Crippen molar-refractivity contribution >= 4 is 5.91 Å². The molecule has 1 amide bonds. The van der Waals surface area contributed by atoms with Gasteiger partial charge in [-0.25, -0.2) is 0 Å². The highest BCUT2D eigenvalue weighted by Gasteiger charge is 2.25. The molecule has 0 bridgehead atoms. The third-order valence-electron chi connectivity index (χ3n) is 5.26. The van der Waals surface area contributed by atoms with E-state index < -0.39 is 0 Å². The monoisotopic (exact) mass is 326 g/mol. The van der Waals surface area contributed by atoms with Crippen LogP contribution in [0.2, 0.25) is 0 Å².